The average Bonchev–Trinajstić information content (AvgIpc) is 3.80. The Hall–Kier alpha value is -5.78. The van der Waals surface area contributed by atoms with Crippen LogP contribution in [0.2, 0.25) is 0 Å². The number of nitrogens with zero attached hydrogens (tertiary/aromatic N) is 5. The summed E-state index contributed by atoms with van der Waals surface area (Å²) in [5.74, 6) is -0.191. The standard InChI is InChI=1S/C38H27N5O4S2/c1-23-32(42-20-8-7-19-30(42)39-23)34(44)31-33(25-13-10-17-28(21-25)47-27-15-3-2-4-16-27)43(36(46)35(31)45)37-40-41-38(49-37)48-22-26-14-9-12-24-11-5-6-18-29(24)26/h2-21,33,44H,22H2,1H3. The molecule has 0 bridgehead atoms. The number of Topliss-reactive ketones (excluding diaryl/α,β-unsaturated/α-hetero) is 1. The van der Waals surface area contributed by atoms with Gasteiger partial charge in [0.15, 0.2) is 10.1 Å². The summed E-state index contributed by atoms with van der Waals surface area (Å²) in [6.07, 6.45) is 1.76. The van der Waals surface area contributed by atoms with Crippen LogP contribution in [-0.4, -0.2) is 36.4 Å². The van der Waals surface area contributed by atoms with Gasteiger partial charge in [0.25, 0.3) is 5.78 Å². The molecule has 7 aromatic rings. The Kier molecular flexibility index (Phi) is 7.90. The molecule has 1 aliphatic heterocycles. The van der Waals surface area contributed by atoms with Gasteiger partial charge in [-0.1, -0.05) is 102 Å². The summed E-state index contributed by atoms with van der Waals surface area (Å²) in [6, 6.07) is 35.3. The smallest absolute Gasteiger partial charge is 0.301 e. The maximum absolute atomic E-state index is 14.0. The van der Waals surface area contributed by atoms with Gasteiger partial charge in [-0.25, -0.2) is 4.98 Å². The SMILES string of the molecule is Cc1nc2ccccn2c1C(O)=C1C(=O)C(=O)N(c2nnc(SCc3cccc4ccccc34)s2)C1c1cccc(Oc2ccccc2)c1. The second-order valence-corrected chi connectivity index (χ2v) is 13.6. The first-order valence-corrected chi connectivity index (χ1v) is 17.3. The number of ketones is 1. The third kappa shape index (κ3) is 5.62. The molecule has 1 aliphatic rings. The first-order valence-electron chi connectivity index (χ1n) is 15.5. The molecule has 49 heavy (non-hydrogen) atoms. The quantitative estimate of drug-likeness (QED) is 0.0560. The maximum atomic E-state index is 14.0. The highest BCUT2D eigenvalue weighted by Gasteiger charge is 2.49. The Morgan fingerprint density at radius 2 is 1.63 bits per heavy atom. The van der Waals surface area contributed by atoms with Crippen molar-refractivity contribution < 1.29 is 19.4 Å². The van der Waals surface area contributed by atoms with Crippen molar-refractivity contribution in [2.75, 3.05) is 4.90 Å². The van der Waals surface area contributed by atoms with Gasteiger partial charge in [-0.2, -0.15) is 0 Å². The molecule has 9 nitrogen and oxygen atoms in total. The number of pyridine rings is 1. The molecule has 3 aromatic heterocycles. The fourth-order valence-corrected chi connectivity index (χ4v) is 8.03. The summed E-state index contributed by atoms with van der Waals surface area (Å²) < 4.78 is 8.46. The molecule has 1 atom stereocenters. The van der Waals surface area contributed by atoms with Crippen molar-refractivity contribution >= 4 is 62.1 Å². The Labute approximate surface area is 289 Å². The molecule has 11 heteroatoms. The number of hydrogen-bond acceptors (Lipinski definition) is 9. The summed E-state index contributed by atoms with van der Waals surface area (Å²) in [6.45, 7) is 1.76. The molecular weight excluding hydrogens is 655 g/mol. The fourth-order valence-electron chi connectivity index (χ4n) is 6.16. The van der Waals surface area contributed by atoms with Gasteiger partial charge >= 0.3 is 5.91 Å². The molecule has 0 saturated carbocycles. The topological polar surface area (TPSA) is 110 Å². The third-order valence-electron chi connectivity index (χ3n) is 8.36. The van der Waals surface area contributed by atoms with E-state index < -0.39 is 17.7 Å². The predicted octanol–water partition coefficient (Wildman–Crippen LogP) is 8.36. The highest BCUT2D eigenvalue weighted by Crippen LogP contribution is 2.45. The van der Waals surface area contributed by atoms with E-state index in [4.69, 9.17) is 4.74 Å². The fraction of sp³-hybridized carbons (Fsp3) is 0.0789. The number of carbonyl (C=O) groups excluding carboxylic acids is 2. The average molecular weight is 682 g/mol. The molecule has 8 rings (SSSR count). The summed E-state index contributed by atoms with van der Waals surface area (Å²) in [5.41, 5.74) is 3.08. The summed E-state index contributed by atoms with van der Waals surface area (Å²) in [7, 11) is 0. The van der Waals surface area contributed by atoms with Crippen LogP contribution in [-0.2, 0) is 15.3 Å². The number of amides is 1. The van der Waals surface area contributed by atoms with Crippen molar-refractivity contribution in [1.29, 1.82) is 0 Å². The maximum Gasteiger partial charge on any atom is 0.301 e. The number of rotatable bonds is 8. The van der Waals surface area contributed by atoms with Gasteiger partial charge in [0.1, 0.15) is 22.8 Å². The van der Waals surface area contributed by atoms with Gasteiger partial charge in [-0.05, 0) is 65.2 Å². The largest absolute Gasteiger partial charge is 0.505 e. The summed E-state index contributed by atoms with van der Waals surface area (Å²) in [5, 5.41) is 23.3. The Morgan fingerprint density at radius 1 is 0.878 bits per heavy atom. The Balaban J connectivity index is 1.21. The van der Waals surface area contributed by atoms with Crippen molar-refractivity contribution in [2.24, 2.45) is 0 Å². The second-order valence-electron chi connectivity index (χ2n) is 11.4. The molecule has 1 saturated heterocycles. The minimum Gasteiger partial charge on any atom is -0.505 e. The number of thioether (sulfide) groups is 1. The van der Waals surface area contributed by atoms with Gasteiger partial charge in [-0.3, -0.25) is 18.9 Å². The number of imidazole rings is 1. The van der Waals surface area contributed by atoms with Gasteiger partial charge in [-0.15, -0.1) is 10.2 Å². The second kappa shape index (κ2) is 12.7. The van der Waals surface area contributed by atoms with E-state index in [1.807, 2.05) is 66.7 Å². The van der Waals surface area contributed by atoms with Crippen LogP contribution >= 0.6 is 23.1 Å². The normalized spacial score (nSPS) is 15.8. The van der Waals surface area contributed by atoms with Gasteiger partial charge in [0, 0.05) is 11.9 Å². The lowest BCUT2D eigenvalue weighted by atomic mass is 9.96. The first kappa shape index (κ1) is 30.5. The number of fused-ring (bicyclic) bond motifs is 2. The molecule has 0 spiro atoms. The Morgan fingerprint density at radius 3 is 2.51 bits per heavy atom. The molecule has 4 aromatic carbocycles. The van der Waals surface area contributed by atoms with Crippen molar-refractivity contribution in [3.63, 3.8) is 0 Å². The van der Waals surface area contributed by atoms with Gasteiger partial charge in [0.2, 0.25) is 5.13 Å². The van der Waals surface area contributed by atoms with E-state index in [2.05, 4.69) is 39.4 Å². The number of aliphatic hydroxyl groups is 1. The molecular formula is C38H27N5O4S2. The van der Waals surface area contributed by atoms with Crippen molar-refractivity contribution in [3.05, 3.63) is 150 Å². The van der Waals surface area contributed by atoms with Crippen LogP contribution in [0.1, 0.15) is 28.6 Å². The van der Waals surface area contributed by atoms with Crippen LogP contribution < -0.4 is 9.64 Å². The van der Waals surface area contributed by atoms with E-state index in [1.54, 1.807) is 41.8 Å². The van der Waals surface area contributed by atoms with Gasteiger partial charge in [0.05, 0.1) is 17.3 Å². The highest BCUT2D eigenvalue weighted by atomic mass is 32.2. The summed E-state index contributed by atoms with van der Waals surface area (Å²) >= 11 is 2.73. The number of para-hydroxylation sites is 1. The van der Waals surface area contributed by atoms with E-state index in [-0.39, 0.29) is 16.5 Å². The van der Waals surface area contributed by atoms with Crippen LogP contribution in [0.4, 0.5) is 5.13 Å². The van der Waals surface area contributed by atoms with E-state index in [1.165, 1.54) is 28.0 Å². The van der Waals surface area contributed by atoms with E-state index in [0.717, 1.165) is 16.3 Å². The monoisotopic (exact) mass is 681 g/mol. The van der Waals surface area contributed by atoms with E-state index in [0.29, 0.717) is 44.2 Å². The minimum absolute atomic E-state index is 0.0734. The van der Waals surface area contributed by atoms with E-state index in [9.17, 15) is 14.7 Å². The molecule has 240 valence electrons. The number of carbonyl (C=O) groups is 2. The van der Waals surface area contributed by atoms with E-state index >= 15 is 0 Å². The number of anilines is 1. The lowest BCUT2D eigenvalue weighted by molar-refractivity contribution is -0.132. The van der Waals surface area contributed by atoms with Crippen molar-refractivity contribution in [2.45, 2.75) is 23.1 Å². The van der Waals surface area contributed by atoms with Crippen LogP contribution in [0.25, 0.3) is 22.2 Å². The predicted molar refractivity (Wildman–Crippen MR) is 191 cm³/mol. The molecule has 1 amide bonds. The van der Waals surface area contributed by atoms with Crippen molar-refractivity contribution in [1.82, 2.24) is 19.6 Å². The van der Waals surface area contributed by atoms with Crippen LogP contribution in [0.5, 0.6) is 11.5 Å². The number of aliphatic hydroxyl groups excluding tert-OH is 1. The zero-order valence-corrected chi connectivity index (χ0v) is 27.7. The zero-order valence-electron chi connectivity index (χ0n) is 26.1. The number of hydrogen-bond donors (Lipinski definition) is 1. The molecule has 1 N–H and O–H groups in total. The lowest BCUT2D eigenvalue weighted by Crippen LogP contribution is -2.29. The number of ether oxygens (including phenoxy) is 1. The molecule has 0 radical (unpaired) electrons. The molecule has 4 heterocycles. The van der Waals surface area contributed by atoms with Crippen molar-refractivity contribution in [3.8, 4) is 11.5 Å². The van der Waals surface area contributed by atoms with Crippen LogP contribution in [0.15, 0.2) is 131 Å². The zero-order chi connectivity index (χ0) is 33.5. The van der Waals surface area contributed by atoms with Crippen LogP contribution in [0.3, 0.4) is 0 Å². The number of aromatic nitrogens is 4. The molecule has 1 fully saturated rings. The number of benzene rings is 4. The molecule has 1 unspecified atom stereocenters. The molecule has 0 aliphatic carbocycles. The highest BCUT2D eigenvalue weighted by molar-refractivity contribution is 8.00. The first-order chi connectivity index (χ1) is 24.0. The Bertz CT molecular complexity index is 2410. The van der Waals surface area contributed by atoms with Crippen LogP contribution in [0, 0.1) is 6.92 Å². The number of aryl methyl sites for hydroxylation is 1. The van der Waals surface area contributed by atoms with Gasteiger partial charge < -0.3 is 9.84 Å². The third-order valence-corrected chi connectivity index (χ3v) is 10.5. The lowest BCUT2D eigenvalue weighted by Gasteiger charge is -2.23. The summed E-state index contributed by atoms with van der Waals surface area (Å²) in [4.78, 5) is 33.8. The minimum atomic E-state index is -1.02.